The van der Waals surface area contributed by atoms with Gasteiger partial charge in [-0.25, -0.2) is 4.79 Å². The minimum atomic E-state index is -0.703. The number of hydrogen-bond acceptors (Lipinski definition) is 6. The van der Waals surface area contributed by atoms with Gasteiger partial charge in [-0.2, -0.15) is 5.26 Å². The van der Waals surface area contributed by atoms with E-state index in [0.29, 0.717) is 28.8 Å². The van der Waals surface area contributed by atoms with Gasteiger partial charge in [0.15, 0.2) is 5.57 Å². The van der Waals surface area contributed by atoms with Gasteiger partial charge in [0, 0.05) is 6.54 Å². The summed E-state index contributed by atoms with van der Waals surface area (Å²) >= 11 is 1.05. The van der Waals surface area contributed by atoms with Gasteiger partial charge in [0.2, 0.25) is 0 Å². The van der Waals surface area contributed by atoms with Crippen molar-refractivity contribution in [2.45, 2.75) is 33.7 Å². The van der Waals surface area contributed by atoms with Crippen LogP contribution in [-0.2, 0) is 20.8 Å². The van der Waals surface area contributed by atoms with Gasteiger partial charge in [-0.1, -0.05) is 6.92 Å². The van der Waals surface area contributed by atoms with Crippen molar-refractivity contribution >= 4 is 29.1 Å². The van der Waals surface area contributed by atoms with E-state index in [0.717, 1.165) is 11.3 Å². The van der Waals surface area contributed by atoms with E-state index < -0.39 is 5.97 Å². The van der Waals surface area contributed by atoms with Crippen molar-refractivity contribution < 1.29 is 14.3 Å². The molecule has 1 rings (SSSR count). The van der Waals surface area contributed by atoms with Crippen molar-refractivity contribution in [2.75, 3.05) is 13.2 Å². The molecule has 21 heavy (non-hydrogen) atoms. The van der Waals surface area contributed by atoms with Crippen LogP contribution in [0.5, 0.6) is 0 Å². The van der Waals surface area contributed by atoms with Crippen LogP contribution in [0.25, 0.3) is 11.8 Å². The molecular formula is C14H18N2O4S. The largest absolute Gasteiger partial charge is 0.500 e. The van der Waals surface area contributed by atoms with E-state index in [9.17, 15) is 14.9 Å². The predicted octanol–water partition coefficient (Wildman–Crippen LogP) is 0.332. The standard InChI is InChI=1S/C14H18N2O4S/c1-4-7-20-14(18)10(8-15)13-16(5-2)12(17)11(21-13)9-19-6-3/h9H,4-7H2,1-3H3/b11-9-,13-10-. The molecule has 0 saturated heterocycles. The Morgan fingerprint density at radius 3 is 2.67 bits per heavy atom. The second-order valence-electron chi connectivity index (χ2n) is 4.02. The van der Waals surface area contributed by atoms with E-state index in [1.54, 1.807) is 13.8 Å². The van der Waals surface area contributed by atoms with Gasteiger partial charge in [-0.15, -0.1) is 11.3 Å². The second kappa shape index (κ2) is 8.27. The number of nitrogens with zero attached hydrogens (tertiary/aromatic N) is 2. The Balaban J connectivity index is 3.52. The number of carbonyl (C=O) groups excluding carboxylic acids is 1. The lowest BCUT2D eigenvalue weighted by Crippen LogP contribution is -2.32. The van der Waals surface area contributed by atoms with E-state index in [1.165, 1.54) is 10.8 Å². The van der Waals surface area contributed by atoms with Gasteiger partial charge in [0.25, 0.3) is 5.56 Å². The van der Waals surface area contributed by atoms with E-state index in [1.807, 2.05) is 13.0 Å². The second-order valence-corrected chi connectivity index (χ2v) is 5.05. The SMILES string of the molecule is CCCOC(=O)/C(C#N)=c1\s/c(=C\OCC)c(=O)n1CC. The van der Waals surface area contributed by atoms with Gasteiger partial charge < -0.3 is 9.47 Å². The Kier molecular flexibility index (Phi) is 6.69. The van der Waals surface area contributed by atoms with Crippen LogP contribution in [-0.4, -0.2) is 23.8 Å². The summed E-state index contributed by atoms with van der Waals surface area (Å²) in [7, 11) is 0. The Morgan fingerprint density at radius 2 is 2.14 bits per heavy atom. The fourth-order valence-corrected chi connectivity index (χ4v) is 2.66. The summed E-state index contributed by atoms with van der Waals surface area (Å²) < 4.78 is 12.1. The third kappa shape index (κ3) is 3.95. The van der Waals surface area contributed by atoms with Crippen molar-refractivity contribution in [2.24, 2.45) is 0 Å². The summed E-state index contributed by atoms with van der Waals surface area (Å²) in [5.41, 5.74) is -0.425. The topological polar surface area (TPSA) is 81.3 Å². The molecule has 0 aliphatic rings. The molecule has 1 aromatic heterocycles. The molecule has 0 aliphatic heterocycles. The zero-order valence-electron chi connectivity index (χ0n) is 12.3. The third-order valence-electron chi connectivity index (χ3n) is 2.55. The van der Waals surface area contributed by atoms with E-state index in [-0.39, 0.29) is 17.7 Å². The first-order valence-electron chi connectivity index (χ1n) is 6.73. The minimum absolute atomic E-state index is 0.149. The normalized spacial score (nSPS) is 12.8. The molecule has 0 fully saturated rings. The fourth-order valence-electron chi connectivity index (χ4n) is 1.58. The molecule has 1 aromatic rings. The minimum Gasteiger partial charge on any atom is -0.500 e. The van der Waals surface area contributed by atoms with Gasteiger partial charge in [-0.05, 0) is 20.3 Å². The molecule has 0 amide bonds. The average Bonchev–Trinajstić information content (AvgIpc) is 2.79. The van der Waals surface area contributed by atoms with Crippen LogP contribution in [0.15, 0.2) is 4.79 Å². The first-order valence-corrected chi connectivity index (χ1v) is 7.55. The summed E-state index contributed by atoms with van der Waals surface area (Å²) in [6.07, 6.45) is 2.02. The molecular weight excluding hydrogens is 292 g/mol. The predicted molar refractivity (Wildman–Crippen MR) is 79.9 cm³/mol. The van der Waals surface area contributed by atoms with Gasteiger partial charge in [0.05, 0.1) is 13.2 Å². The Bertz CT molecular complexity index is 709. The van der Waals surface area contributed by atoms with Gasteiger partial charge in [0.1, 0.15) is 21.5 Å². The highest BCUT2D eigenvalue weighted by molar-refractivity contribution is 7.07. The van der Waals surface area contributed by atoms with E-state index in [4.69, 9.17) is 9.47 Å². The van der Waals surface area contributed by atoms with Crippen LogP contribution in [0.2, 0.25) is 0 Å². The maximum Gasteiger partial charge on any atom is 0.351 e. The average molecular weight is 310 g/mol. The maximum atomic E-state index is 12.2. The Labute approximate surface area is 126 Å². The smallest absolute Gasteiger partial charge is 0.351 e. The molecule has 6 nitrogen and oxygen atoms in total. The first-order chi connectivity index (χ1) is 10.1. The number of carbonyl (C=O) groups is 1. The summed E-state index contributed by atoms with van der Waals surface area (Å²) in [6.45, 7) is 6.47. The molecule has 7 heteroatoms. The number of esters is 1. The lowest BCUT2D eigenvalue weighted by Gasteiger charge is -2.01. The molecule has 0 unspecified atom stereocenters. The van der Waals surface area contributed by atoms with Crippen molar-refractivity contribution in [1.29, 1.82) is 5.26 Å². The van der Waals surface area contributed by atoms with Crippen LogP contribution in [0.4, 0.5) is 0 Å². The van der Waals surface area contributed by atoms with Crippen molar-refractivity contribution in [1.82, 2.24) is 4.57 Å². The zero-order chi connectivity index (χ0) is 15.8. The third-order valence-corrected chi connectivity index (χ3v) is 3.66. The Morgan fingerprint density at radius 1 is 1.43 bits per heavy atom. The summed E-state index contributed by atoms with van der Waals surface area (Å²) in [5, 5.41) is 9.21. The van der Waals surface area contributed by atoms with Crippen LogP contribution in [0.3, 0.4) is 0 Å². The molecule has 0 N–H and O–H groups in total. The highest BCUT2D eigenvalue weighted by atomic mass is 32.1. The molecule has 0 saturated carbocycles. The van der Waals surface area contributed by atoms with Crippen molar-refractivity contribution in [3.05, 3.63) is 19.5 Å². The number of nitriles is 1. The highest BCUT2D eigenvalue weighted by Crippen LogP contribution is 1.97. The van der Waals surface area contributed by atoms with E-state index >= 15 is 0 Å². The molecule has 0 aliphatic carbocycles. The zero-order valence-corrected chi connectivity index (χ0v) is 13.2. The molecule has 0 spiro atoms. The van der Waals surface area contributed by atoms with Crippen LogP contribution in [0, 0.1) is 11.3 Å². The molecule has 0 aromatic carbocycles. The maximum absolute atomic E-state index is 12.2. The number of rotatable bonds is 6. The summed E-state index contributed by atoms with van der Waals surface area (Å²) in [6, 6.07) is 1.84. The van der Waals surface area contributed by atoms with Crippen molar-refractivity contribution in [3.63, 3.8) is 0 Å². The lowest BCUT2D eigenvalue weighted by molar-refractivity contribution is -0.136. The lowest BCUT2D eigenvalue weighted by atomic mass is 10.3. The number of ether oxygens (including phenoxy) is 2. The fraction of sp³-hybridized carbons (Fsp3) is 0.500. The molecule has 1 heterocycles. The van der Waals surface area contributed by atoms with Crippen LogP contribution >= 0.6 is 11.3 Å². The first kappa shape index (κ1) is 17.0. The summed E-state index contributed by atoms with van der Waals surface area (Å²) in [4.78, 5) is 24.1. The monoisotopic (exact) mass is 310 g/mol. The molecule has 0 atom stereocenters. The van der Waals surface area contributed by atoms with Crippen molar-refractivity contribution in [3.8, 4) is 6.07 Å². The summed E-state index contributed by atoms with van der Waals surface area (Å²) in [5.74, 6) is -0.703. The molecule has 0 radical (unpaired) electrons. The molecule has 0 bridgehead atoms. The Hall–Kier alpha value is -2.07. The van der Waals surface area contributed by atoms with Crippen LogP contribution < -0.4 is 14.8 Å². The van der Waals surface area contributed by atoms with Crippen LogP contribution in [0.1, 0.15) is 27.2 Å². The molecule has 114 valence electrons. The van der Waals surface area contributed by atoms with Gasteiger partial charge in [-0.3, -0.25) is 9.36 Å². The number of hydrogen-bond donors (Lipinski definition) is 0. The quantitative estimate of drug-likeness (QED) is 0.707. The number of aromatic nitrogens is 1. The van der Waals surface area contributed by atoms with E-state index in [2.05, 4.69) is 0 Å². The highest BCUT2D eigenvalue weighted by Gasteiger charge is 2.16. The number of thiazole rings is 1. The van der Waals surface area contributed by atoms with Gasteiger partial charge >= 0.3 is 5.97 Å².